The first-order valence-corrected chi connectivity index (χ1v) is 13.5. The number of carbonyl (C=O) groups excluding carboxylic acids is 1. The van der Waals surface area contributed by atoms with Crippen molar-refractivity contribution < 1.29 is 17.9 Å². The predicted octanol–water partition coefficient (Wildman–Crippen LogP) is 4.51. The summed E-state index contributed by atoms with van der Waals surface area (Å²) in [5, 5.41) is 0.673. The third-order valence-electron chi connectivity index (χ3n) is 6.39. The number of hydrogen-bond acceptors (Lipinski definition) is 5. The molecule has 0 aliphatic carbocycles. The van der Waals surface area contributed by atoms with Gasteiger partial charge in [-0.05, 0) is 67.9 Å². The van der Waals surface area contributed by atoms with Gasteiger partial charge >= 0.3 is 0 Å². The molecule has 0 spiro atoms. The minimum Gasteiger partial charge on any atom is -0.497 e. The van der Waals surface area contributed by atoms with Crippen LogP contribution in [0.3, 0.4) is 0 Å². The summed E-state index contributed by atoms with van der Waals surface area (Å²) in [6.07, 6.45) is 0. The molecule has 0 aromatic heterocycles. The van der Waals surface area contributed by atoms with Crippen molar-refractivity contribution in [1.82, 2.24) is 4.90 Å². The summed E-state index contributed by atoms with van der Waals surface area (Å²) < 4.78 is 33.6. The lowest BCUT2D eigenvalue weighted by atomic mass is 10.1. The van der Waals surface area contributed by atoms with E-state index < -0.39 is 10.0 Å². The summed E-state index contributed by atoms with van der Waals surface area (Å²) >= 11 is 6.19. The number of benzene rings is 3. The van der Waals surface area contributed by atoms with E-state index in [-0.39, 0.29) is 17.3 Å². The lowest BCUT2D eigenvalue weighted by Gasteiger charge is -2.37. The van der Waals surface area contributed by atoms with Crippen LogP contribution in [0.5, 0.6) is 5.75 Å². The second-order valence-electron chi connectivity index (χ2n) is 8.82. The van der Waals surface area contributed by atoms with E-state index in [2.05, 4.69) is 4.90 Å². The highest BCUT2D eigenvalue weighted by Gasteiger charge is 2.30. The van der Waals surface area contributed by atoms with Crippen molar-refractivity contribution in [3.63, 3.8) is 0 Å². The van der Waals surface area contributed by atoms with E-state index in [1.807, 2.05) is 44.2 Å². The Kier molecular flexibility index (Phi) is 7.76. The summed E-state index contributed by atoms with van der Waals surface area (Å²) in [6, 6.07) is 19.1. The number of carbonyl (C=O) groups is 1. The zero-order valence-corrected chi connectivity index (χ0v) is 22.2. The number of anilines is 2. The lowest BCUT2D eigenvalue weighted by molar-refractivity contribution is -0.129. The minimum atomic E-state index is -3.98. The van der Waals surface area contributed by atoms with Crippen molar-refractivity contribution in [2.75, 3.05) is 49.0 Å². The minimum absolute atomic E-state index is 0.0953. The number of ether oxygens (including phenoxy) is 1. The van der Waals surface area contributed by atoms with Crippen molar-refractivity contribution in [1.29, 1.82) is 0 Å². The SMILES string of the molecule is COc1ccc(S(=O)(=O)N(CC(=O)N2CCN(c3cc(Cl)ccc3C)CC2)c2ccc(C)cc2)cc1. The van der Waals surface area contributed by atoms with Gasteiger partial charge in [-0.2, -0.15) is 0 Å². The summed E-state index contributed by atoms with van der Waals surface area (Å²) in [5.74, 6) is 0.315. The fourth-order valence-electron chi connectivity index (χ4n) is 4.24. The molecule has 1 amide bonds. The van der Waals surface area contributed by atoms with Crippen LogP contribution < -0.4 is 13.9 Å². The first-order valence-electron chi connectivity index (χ1n) is 11.7. The molecule has 0 radical (unpaired) electrons. The average Bonchev–Trinajstić information content (AvgIpc) is 2.89. The number of piperazine rings is 1. The highest BCUT2D eigenvalue weighted by molar-refractivity contribution is 7.92. The molecule has 1 fully saturated rings. The number of rotatable bonds is 7. The Hall–Kier alpha value is -3.23. The van der Waals surface area contributed by atoms with Gasteiger partial charge in [0.15, 0.2) is 0 Å². The maximum Gasteiger partial charge on any atom is 0.264 e. The highest BCUT2D eigenvalue weighted by Crippen LogP contribution is 2.27. The predicted molar refractivity (Wildman–Crippen MR) is 144 cm³/mol. The third kappa shape index (κ3) is 5.60. The molecule has 1 aliphatic heterocycles. The molecule has 0 N–H and O–H groups in total. The van der Waals surface area contributed by atoms with Gasteiger partial charge in [-0.15, -0.1) is 0 Å². The van der Waals surface area contributed by atoms with Crippen LogP contribution in [0.1, 0.15) is 11.1 Å². The van der Waals surface area contributed by atoms with Crippen LogP contribution in [-0.2, 0) is 14.8 Å². The zero-order chi connectivity index (χ0) is 25.9. The van der Waals surface area contributed by atoms with Crippen molar-refractivity contribution in [3.8, 4) is 5.75 Å². The Labute approximate surface area is 217 Å². The van der Waals surface area contributed by atoms with Crippen molar-refractivity contribution in [2.24, 2.45) is 0 Å². The van der Waals surface area contributed by atoms with E-state index in [0.29, 0.717) is 42.6 Å². The van der Waals surface area contributed by atoms with Crippen LogP contribution in [-0.4, -0.2) is 59.1 Å². The molecule has 1 heterocycles. The second-order valence-corrected chi connectivity index (χ2v) is 11.1. The summed E-state index contributed by atoms with van der Waals surface area (Å²) in [4.78, 5) is 17.4. The van der Waals surface area contributed by atoms with Crippen molar-refractivity contribution >= 4 is 38.9 Å². The van der Waals surface area contributed by atoms with Crippen LogP contribution in [0.15, 0.2) is 71.6 Å². The first-order chi connectivity index (χ1) is 17.2. The number of amides is 1. The molecule has 7 nitrogen and oxygen atoms in total. The molecule has 0 atom stereocenters. The molecule has 9 heteroatoms. The molecule has 1 saturated heterocycles. The summed E-state index contributed by atoms with van der Waals surface area (Å²) in [6.45, 7) is 5.95. The first kappa shape index (κ1) is 25.9. The van der Waals surface area contributed by atoms with Gasteiger partial charge in [0, 0.05) is 36.9 Å². The highest BCUT2D eigenvalue weighted by atomic mass is 35.5. The number of hydrogen-bond donors (Lipinski definition) is 0. The van der Waals surface area contributed by atoms with E-state index in [0.717, 1.165) is 16.8 Å². The van der Waals surface area contributed by atoms with Gasteiger partial charge in [-0.1, -0.05) is 35.4 Å². The number of halogens is 1. The number of sulfonamides is 1. The summed E-state index contributed by atoms with van der Waals surface area (Å²) in [7, 11) is -2.46. The molecule has 1 aliphatic rings. The van der Waals surface area contributed by atoms with Gasteiger partial charge in [0.25, 0.3) is 10.0 Å². The molecule has 3 aromatic carbocycles. The maximum absolute atomic E-state index is 13.6. The number of aryl methyl sites for hydroxylation is 2. The Bertz CT molecular complexity index is 1320. The standard InChI is InChI=1S/C27H30ClN3O4S/c1-20-4-8-23(9-5-20)31(36(33,34)25-12-10-24(35-3)11-13-25)19-27(32)30-16-14-29(15-17-30)26-18-22(28)7-6-21(26)2/h4-13,18H,14-17,19H2,1-3H3. The van der Waals surface area contributed by atoms with Gasteiger partial charge in [-0.3, -0.25) is 9.10 Å². The Balaban J connectivity index is 1.54. The number of nitrogens with zero attached hydrogens (tertiary/aromatic N) is 3. The van der Waals surface area contributed by atoms with Crippen molar-refractivity contribution in [3.05, 3.63) is 82.9 Å². The monoisotopic (exact) mass is 527 g/mol. The fourth-order valence-corrected chi connectivity index (χ4v) is 5.82. The maximum atomic E-state index is 13.6. The van der Waals surface area contributed by atoms with E-state index in [1.165, 1.54) is 23.5 Å². The molecule has 3 aromatic rings. The molecular formula is C27H30ClN3O4S. The van der Waals surface area contributed by atoms with Crippen LogP contribution in [0.4, 0.5) is 11.4 Å². The third-order valence-corrected chi connectivity index (χ3v) is 8.42. The summed E-state index contributed by atoms with van der Waals surface area (Å²) in [5.41, 5.74) is 3.62. The number of methoxy groups -OCH3 is 1. The van der Waals surface area contributed by atoms with Crippen LogP contribution in [0.2, 0.25) is 5.02 Å². The average molecular weight is 528 g/mol. The van der Waals surface area contributed by atoms with E-state index >= 15 is 0 Å². The normalized spacial score (nSPS) is 14.0. The molecule has 0 saturated carbocycles. The van der Waals surface area contributed by atoms with Crippen LogP contribution >= 0.6 is 11.6 Å². The quantitative estimate of drug-likeness (QED) is 0.452. The van der Waals surface area contributed by atoms with Gasteiger partial charge in [0.05, 0.1) is 17.7 Å². The van der Waals surface area contributed by atoms with E-state index in [9.17, 15) is 13.2 Å². The van der Waals surface area contributed by atoms with Crippen molar-refractivity contribution in [2.45, 2.75) is 18.7 Å². The topological polar surface area (TPSA) is 70.2 Å². The molecule has 4 rings (SSSR count). The fraction of sp³-hybridized carbons (Fsp3) is 0.296. The molecule has 0 unspecified atom stereocenters. The van der Waals surface area contributed by atoms with Gasteiger partial charge in [0.2, 0.25) is 5.91 Å². The largest absolute Gasteiger partial charge is 0.497 e. The van der Waals surface area contributed by atoms with Gasteiger partial charge in [-0.25, -0.2) is 8.42 Å². The van der Waals surface area contributed by atoms with Gasteiger partial charge in [0.1, 0.15) is 12.3 Å². The zero-order valence-electron chi connectivity index (χ0n) is 20.6. The van der Waals surface area contributed by atoms with E-state index in [4.69, 9.17) is 16.3 Å². The Morgan fingerprint density at radius 3 is 2.19 bits per heavy atom. The molecule has 0 bridgehead atoms. The molecule has 36 heavy (non-hydrogen) atoms. The van der Waals surface area contributed by atoms with E-state index in [1.54, 1.807) is 29.2 Å². The molecule has 190 valence electrons. The molecular weight excluding hydrogens is 498 g/mol. The smallest absolute Gasteiger partial charge is 0.264 e. The lowest BCUT2D eigenvalue weighted by Crippen LogP contribution is -2.52. The van der Waals surface area contributed by atoms with Crippen LogP contribution in [0, 0.1) is 13.8 Å². The van der Waals surface area contributed by atoms with Gasteiger partial charge < -0.3 is 14.5 Å². The Morgan fingerprint density at radius 2 is 1.58 bits per heavy atom. The Morgan fingerprint density at radius 1 is 0.944 bits per heavy atom. The van der Waals surface area contributed by atoms with Crippen LogP contribution in [0.25, 0.3) is 0 Å². The second kappa shape index (κ2) is 10.8.